The molecule has 0 unspecified atom stereocenters. The third kappa shape index (κ3) is 2.82. The van der Waals surface area contributed by atoms with Crippen LogP contribution in [0, 0.1) is 5.41 Å². The van der Waals surface area contributed by atoms with Gasteiger partial charge in [-0.25, -0.2) is 0 Å². The van der Waals surface area contributed by atoms with Gasteiger partial charge in [-0.1, -0.05) is 26.7 Å². The second-order valence-corrected chi connectivity index (χ2v) is 5.89. The maximum Gasteiger partial charge on any atom is 0.228 e. The molecule has 1 aliphatic carbocycles. The number of hydrogen-bond acceptors (Lipinski definition) is 2. The molecule has 1 saturated heterocycles. The smallest absolute Gasteiger partial charge is 0.228 e. The largest absolute Gasteiger partial charge is 0.342 e. The van der Waals surface area contributed by atoms with Crippen LogP contribution in [0.15, 0.2) is 0 Å². The fraction of sp³-hybridized carbons (Fsp3) is 0.929. The maximum absolute atomic E-state index is 12.5. The summed E-state index contributed by atoms with van der Waals surface area (Å²) in [5.74, 6) is 0.421. The first-order chi connectivity index (χ1) is 8.15. The fourth-order valence-electron chi connectivity index (χ4n) is 3.33. The highest BCUT2D eigenvalue weighted by Gasteiger charge is 2.39. The minimum atomic E-state index is -0.0367. The Bertz CT molecular complexity index is 263. The Labute approximate surface area is 105 Å². The van der Waals surface area contributed by atoms with E-state index in [1.807, 2.05) is 0 Å². The number of carbonyl (C=O) groups is 1. The van der Waals surface area contributed by atoms with Crippen molar-refractivity contribution in [3.8, 4) is 0 Å². The van der Waals surface area contributed by atoms with Crippen molar-refractivity contribution in [1.82, 2.24) is 10.2 Å². The normalized spacial score (nSPS) is 25.2. The van der Waals surface area contributed by atoms with Crippen LogP contribution in [0.3, 0.4) is 0 Å². The summed E-state index contributed by atoms with van der Waals surface area (Å²) in [7, 11) is 0. The van der Waals surface area contributed by atoms with Crippen molar-refractivity contribution in [3.05, 3.63) is 0 Å². The number of carbonyl (C=O) groups excluding carboxylic acids is 1. The van der Waals surface area contributed by atoms with E-state index in [0.717, 1.165) is 45.3 Å². The van der Waals surface area contributed by atoms with Gasteiger partial charge in [0.15, 0.2) is 0 Å². The van der Waals surface area contributed by atoms with Crippen LogP contribution in [0.2, 0.25) is 0 Å². The monoisotopic (exact) mass is 238 g/mol. The Morgan fingerprint density at radius 1 is 1.29 bits per heavy atom. The van der Waals surface area contributed by atoms with Crippen molar-refractivity contribution in [1.29, 1.82) is 0 Å². The Balaban J connectivity index is 1.86. The zero-order valence-corrected chi connectivity index (χ0v) is 11.3. The topological polar surface area (TPSA) is 32.3 Å². The summed E-state index contributed by atoms with van der Waals surface area (Å²) < 4.78 is 0. The van der Waals surface area contributed by atoms with Gasteiger partial charge in [0.25, 0.3) is 0 Å². The van der Waals surface area contributed by atoms with E-state index in [2.05, 4.69) is 24.1 Å². The summed E-state index contributed by atoms with van der Waals surface area (Å²) in [5.41, 5.74) is -0.0367. The highest BCUT2D eigenvalue weighted by molar-refractivity contribution is 5.82. The highest BCUT2D eigenvalue weighted by atomic mass is 16.2. The lowest BCUT2D eigenvalue weighted by atomic mass is 9.86. The Kier molecular flexibility index (Phi) is 4.08. The SMILES string of the molecule is CCNC1CCN(C(=O)C2(C)CCCC2)CC1. The molecular weight excluding hydrogens is 212 g/mol. The molecule has 3 nitrogen and oxygen atoms in total. The van der Waals surface area contributed by atoms with E-state index >= 15 is 0 Å². The Morgan fingerprint density at radius 3 is 2.41 bits per heavy atom. The molecule has 1 aliphatic heterocycles. The number of piperidine rings is 1. The van der Waals surface area contributed by atoms with Crippen LogP contribution in [0.25, 0.3) is 0 Å². The van der Waals surface area contributed by atoms with E-state index in [1.165, 1.54) is 12.8 Å². The Hall–Kier alpha value is -0.570. The van der Waals surface area contributed by atoms with E-state index < -0.39 is 0 Å². The molecule has 1 amide bonds. The molecule has 0 aromatic heterocycles. The molecule has 2 fully saturated rings. The number of nitrogens with one attached hydrogen (secondary N) is 1. The predicted octanol–water partition coefficient (Wildman–Crippen LogP) is 2.17. The van der Waals surface area contributed by atoms with Gasteiger partial charge in [0.05, 0.1) is 0 Å². The molecule has 0 aromatic rings. The molecule has 17 heavy (non-hydrogen) atoms. The highest BCUT2D eigenvalue weighted by Crippen LogP contribution is 2.39. The minimum Gasteiger partial charge on any atom is -0.342 e. The molecule has 3 heteroatoms. The summed E-state index contributed by atoms with van der Waals surface area (Å²) in [5, 5.41) is 3.49. The summed E-state index contributed by atoms with van der Waals surface area (Å²) in [6, 6.07) is 0.625. The van der Waals surface area contributed by atoms with Crippen molar-refractivity contribution >= 4 is 5.91 Å². The molecule has 0 bridgehead atoms. The van der Waals surface area contributed by atoms with Crippen LogP contribution in [0.4, 0.5) is 0 Å². The van der Waals surface area contributed by atoms with Gasteiger partial charge in [-0.15, -0.1) is 0 Å². The summed E-state index contributed by atoms with van der Waals surface area (Å²) >= 11 is 0. The molecule has 0 atom stereocenters. The standard InChI is InChI=1S/C14H26N2O/c1-3-15-12-6-10-16(11-7-12)13(17)14(2)8-4-5-9-14/h12,15H,3-11H2,1-2H3. The number of nitrogens with zero attached hydrogens (tertiary/aromatic N) is 1. The van der Waals surface area contributed by atoms with Gasteiger partial charge in [0.1, 0.15) is 0 Å². The van der Waals surface area contributed by atoms with Gasteiger partial charge in [0, 0.05) is 24.5 Å². The number of hydrogen-bond donors (Lipinski definition) is 1. The fourth-order valence-corrected chi connectivity index (χ4v) is 3.33. The van der Waals surface area contributed by atoms with E-state index in [4.69, 9.17) is 0 Å². The molecule has 2 rings (SSSR count). The lowest BCUT2D eigenvalue weighted by Crippen LogP contribution is -2.48. The van der Waals surface area contributed by atoms with Crippen molar-refractivity contribution < 1.29 is 4.79 Å². The van der Waals surface area contributed by atoms with Gasteiger partial charge in [0.2, 0.25) is 5.91 Å². The summed E-state index contributed by atoms with van der Waals surface area (Å²) in [6.45, 7) is 7.25. The summed E-state index contributed by atoms with van der Waals surface area (Å²) in [4.78, 5) is 14.6. The van der Waals surface area contributed by atoms with Gasteiger partial charge >= 0.3 is 0 Å². The molecule has 0 aromatic carbocycles. The van der Waals surface area contributed by atoms with E-state index in [9.17, 15) is 4.79 Å². The zero-order valence-electron chi connectivity index (χ0n) is 11.3. The molecule has 98 valence electrons. The summed E-state index contributed by atoms with van der Waals surface area (Å²) in [6.07, 6.45) is 6.90. The van der Waals surface area contributed by atoms with Crippen molar-refractivity contribution in [2.75, 3.05) is 19.6 Å². The molecule has 2 aliphatic rings. The number of likely N-dealkylation sites (tertiary alicyclic amines) is 1. The third-order valence-corrected chi connectivity index (χ3v) is 4.50. The minimum absolute atomic E-state index is 0.0367. The zero-order chi connectivity index (χ0) is 12.3. The van der Waals surface area contributed by atoms with Crippen LogP contribution in [0.5, 0.6) is 0 Å². The van der Waals surface area contributed by atoms with Gasteiger partial charge in [-0.05, 0) is 32.2 Å². The van der Waals surface area contributed by atoms with Crippen molar-refractivity contribution in [2.45, 2.75) is 58.4 Å². The number of amides is 1. The van der Waals surface area contributed by atoms with Crippen molar-refractivity contribution in [3.63, 3.8) is 0 Å². The van der Waals surface area contributed by atoms with Crippen LogP contribution in [-0.2, 0) is 4.79 Å². The van der Waals surface area contributed by atoms with Gasteiger partial charge < -0.3 is 10.2 Å². The van der Waals surface area contributed by atoms with Crippen molar-refractivity contribution in [2.24, 2.45) is 5.41 Å². The molecule has 0 spiro atoms. The first-order valence-electron chi connectivity index (χ1n) is 7.18. The van der Waals surface area contributed by atoms with Gasteiger partial charge in [-0.3, -0.25) is 4.79 Å². The Morgan fingerprint density at radius 2 is 1.88 bits per heavy atom. The quantitative estimate of drug-likeness (QED) is 0.817. The number of rotatable bonds is 3. The van der Waals surface area contributed by atoms with Crippen LogP contribution in [0.1, 0.15) is 52.4 Å². The van der Waals surface area contributed by atoms with E-state index in [1.54, 1.807) is 0 Å². The van der Waals surface area contributed by atoms with E-state index in [0.29, 0.717) is 11.9 Å². The molecule has 0 radical (unpaired) electrons. The lowest BCUT2D eigenvalue weighted by Gasteiger charge is -2.37. The molecule has 1 heterocycles. The molecular formula is C14H26N2O. The predicted molar refractivity (Wildman–Crippen MR) is 69.9 cm³/mol. The molecule has 1 N–H and O–H groups in total. The van der Waals surface area contributed by atoms with Crippen LogP contribution in [-0.4, -0.2) is 36.5 Å². The third-order valence-electron chi connectivity index (χ3n) is 4.50. The second-order valence-electron chi connectivity index (χ2n) is 5.89. The first kappa shape index (κ1) is 12.9. The van der Waals surface area contributed by atoms with Crippen LogP contribution >= 0.6 is 0 Å². The van der Waals surface area contributed by atoms with E-state index in [-0.39, 0.29) is 5.41 Å². The first-order valence-corrected chi connectivity index (χ1v) is 7.18. The average Bonchev–Trinajstić information content (AvgIpc) is 2.78. The lowest BCUT2D eigenvalue weighted by molar-refractivity contribution is -0.142. The van der Waals surface area contributed by atoms with Crippen LogP contribution < -0.4 is 5.32 Å². The average molecular weight is 238 g/mol. The van der Waals surface area contributed by atoms with Gasteiger partial charge in [-0.2, -0.15) is 0 Å². The second kappa shape index (κ2) is 5.38. The molecule has 1 saturated carbocycles. The maximum atomic E-state index is 12.5.